The smallest absolute Gasteiger partial charge is 0.266 e. The number of carbonyl (C=O) groups is 1. The molecule has 98 valence electrons. The van der Waals surface area contributed by atoms with Crippen molar-refractivity contribution in [3.8, 4) is 6.07 Å². The summed E-state index contributed by atoms with van der Waals surface area (Å²) in [5.74, 6) is -0.430. The molecule has 0 spiro atoms. The Labute approximate surface area is 117 Å². The van der Waals surface area contributed by atoms with Crippen LogP contribution in [0, 0.1) is 18.3 Å². The number of nitriles is 1. The molecule has 2 aromatic rings. The lowest BCUT2D eigenvalue weighted by Crippen LogP contribution is -2.13. The van der Waals surface area contributed by atoms with E-state index in [1.807, 2.05) is 25.1 Å². The lowest BCUT2D eigenvalue weighted by Gasteiger charge is -2.04. The van der Waals surface area contributed by atoms with Crippen molar-refractivity contribution in [1.29, 1.82) is 5.26 Å². The summed E-state index contributed by atoms with van der Waals surface area (Å²) in [6.45, 7) is 1.97. The summed E-state index contributed by atoms with van der Waals surface area (Å²) in [4.78, 5) is 16.0. The molecule has 0 saturated carbocycles. The second-order valence-electron chi connectivity index (χ2n) is 4.28. The van der Waals surface area contributed by atoms with E-state index in [0.29, 0.717) is 11.3 Å². The van der Waals surface area contributed by atoms with Gasteiger partial charge in [-0.2, -0.15) is 5.26 Å². The van der Waals surface area contributed by atoms with Crippen molar-refractivity contribution in [2.75, 3.05) is 5.32 Å². The van der Waals surface area contributed by atoms with Crippen LogP contribution in [0.25, 0.3) is 6.08 Å². The summed E-state index contributed by atoms with van der Waals surface area (Å²) >= 11 is 0. The number of aromatic nitrogens is 1. The first-order valence-corrected chi connectivity index (χ1v) is 6.09. The van der Waals surface area contributed by atoms with Gasteiger partial charge in [0.15, 0.2) is 0 Å². The fourth-order valence-electron chi connectivity index (χ4n) is 1.61. The molecule has 20 heavy (non-hydrogen) atoms. The topological polar surface area (TPSA) is 65.8 Å². The minimum atomic E-state index is -0.430. The number of hydrogen-bond donors (Lipinski definition) is 1. The van der Waals surface area contributed by atoms with Crippen LogP contribution in [0.5, 0.6) is 0 Å². The van der Waals surface area contributed by atoms with Crippen molar-refractivity contribution in [2.24, 2.45) is 0 Å². The molecule has 0 radical (unpaired) electrons. The van der Waals surface area contributed by atoms with Gasteiger partial charge in [-0.05, 0) is 36.8 Å². The molecule has 0 aliphatic heterocycles. The average molecular weight is 263 g/mol. The van der Waals surface area contributed by atoms with Crippen molar-refractivity contribution >= 4 is 17.7 Å². The number of amides is 1. The molecule has 0 fully saturated rings. The van der Waals surface area contributed by atoms with Gasteiger partial charge in [0.2, 0.25) is 0 Å². The Bertz CT molecular complexity index is 667. The maximum Gasteiger partial charge on any atom is 0.266 e. The zero-order valence-electron chi connectivity index (χ0n) is 11.0. The number of anilines is 1. The third kappa shape index (κ3) is 3.53. The van der Waals surface area contributed by atoms with Gasteiger partial charge in [0.1, 0.15) is 11.6 Å². The first-order valence-electron chi connectivity index (χ1n) is 6.09. The standard InChI is InChI=1S/C16H13N3O/c1-12-4-6-15(7-5-12)19-16(20)14(10-17)9-13-3-2-8-18-11-13/h2-9,11H,1H3,(H,19,20)/b14-9-. The molecule has 0 saturated heterocycles. The van der Waals surface area contributed by atoms with E-state index in [4.69, 9.17) is 5.26 Å². The number of benzene rings is 1. The van der Waals surface area contributed by atoms with Crippen molar-refractivity contribution in [1.82, 2.24) is 4.98 Å². The third-order valence-electron chi connectivity index (χ3n) is 2.67. The predicted molar refractivity (Wildman–Crippen MR) is 77.6 cm³/mol. The van der Waals surface area contributed by atoms with Gasteiger partial charge in [0, 0.05) is 18.1 Å². The van der Waals surface area contributed by atoms with Crippen LogP contribution in [-0.2, 0) is 4.79 Å². The fourth-order valence-corrected chi connectivity index (χ4v) is 1.61. The molecule has 1 aromatic carbocycles. The summed E-state index contributed by atoms with van der Waals surface area (Å²) < 4.78 is 0. The molecule has 1 heterocycles. The van der Waals surface area contributed by atoms with E-state index >= 15 is 0 Å². The summed E-state index contributed by atoms with van der Waals surface area (Å²) in [6.07, 6.45) is 4.74. The Morgan fingerprint density at radius 2 is 2.05 bits per heavy atom. The summed E-state index contributed by atoms with van der Waals surface area (Å²) in [5, 5.41) is 11.8. The minimum Gasteiger partial charge on any atom is -0.321 e. The lowest BCUT2D eigenvalue weighted by molar-refractivity contribution is -0.112. The molecule has 0 aliphatic carbocycles. The van der Waals surface area contributed by atoms with Crippen LogP contribution in [0.15, 0.2) is 54.4 Å². The molecule has 4 nitrogen and oxygen atoms in total. The van der Waals surface area contributed by atoms with E-state index in [1.165, 1.54) is 6.08 Å². The van der Waals surface area contributed by atoms with Gasteiger partial charge < -0.3 is 5.32 Å². The van der Waals surface area contributed by atoms with Crippen LogP contribution in [0.3, 0.4) is 0 Å². The van der Waals surface area contributed by atoms with Gasteiger partial charge >= 0.3 is 0 Å². The minimum absolute atomic E-state index is 0.0403. The molecule has 1 aromatic heterocycles. The molecule has 0 bridgehead atoms. The van der Waals surface area contributed by atoms with Gasteiger partial charge in [0.05, 0.1) is 0 Å². The zero-order valence-corrected chi connectivity index (χ0v) is 11.0. The highest BCUT2D eigenvalue weighted by atomic mass is 16.1. The molecule has 2 rings (SSSR count). The third-order valence-corrected chi connectivity index (χ3v) is 2.67. The van der Waals surface area contributed by atoms with Crippen molar-refractivity contribution in [3.05, 3.63) is 65.5 Å². The second-order valence-corrected chi connectivity index (χ2v) is 4.28. The quantitative estimate of drug-likeness (QED) is 0.684. The average Bonchev–Trinajstić information content (AvgIpc) is 2.48. The molecule has 1 amide bonds. The normalized spacial score (nSPS) is 10.7. The lowest BCUT2D eigenvalue weighted by atomic mass is 10.1. The summed E-state index contributed by atoms with van der Waals surface area (Å²) in [7, 11) is 0. The van der Waals surface area contributed by atoms with Crippen LogP contribution >= 0.6 is 0 Å². The number of nitrogens with one attached hydrogen (secondary N) is 1. The van der Waals surface area contributed by atoms with Crippen LogP contribution in [0.4, 0.5) is 5.69 Å². The van der Waals surface area contributed by atoms with Crippen LogP contribution < -0.4 is 5.32 Å². The Hall–Kier alpha value is -2.93. The highest BCUT2D eigenvalue weighted by Crippen LogP contribution is 2.11. The maximum atomic E-state index is 12.0. The number of aryl methyl sites for hydroxylation is 1. The van der Waals surface area contributed by atoms with Crippen molar-refractivity contribution < 1.29 is 4.79 Å². The Morgan fingerprint density at radius 3 is 2.65 bits per heavy atom. The highest BCUT2D eigenvalue weighted by Gasteiger charge is 2.09. The van der Waals surface area contributed by atoms with E-state index in [2.05, 4.69) is 10.3 Å². The van der Waals surface area contributed by atoms with Crippen LogP contribution in [0.1, 0.15) is 11.1 Å². The number of hydrogen-bond acceptors (Lipinski definition) is 3. The molecule has 0 unspecified atom stereocenters. The molecule has 0 atom stereocenters. The van der Waals surface area contributed by atoms with E-state index in [-0.39, 0.29) is 5.57 Å². The number of nitrogens with zero attached hydrogens (tertiary/aromatic N) is 2. The van der Waals surface area contributed by atoms with E-state index < -0.39 is 5.91 Å². The largest absolute Gasteiger partial charge is 0.321 e. The van der Waals surface area contributed by atoms with Gasteiger partial charge in [-0.25, -0.2) is 0 Å². The predicted octanol–water partition coefficient (Wildman–Crippen LogP) is 2.94. The Kier molecular flexibility index (Phi) is 4.25. The van der Waals surface area contributed by atoms with Gasteiger partial charge in [-0.3, -0.25) is 9.78 Å². The highest BCUT2D eigenvalue weighted by molar-refractivity contribution is 6.09. The molecule has 0 aliphatic rings. The van der Waals surface area contributed by atoms with Crippen LogP contribution in [0.2, 0.25) is 0 Å². The molecular formula is C16H13N3O. The van der Waals surface area contributed by atoms with Gasteiger partial charge in [-0.1, -0.05) is 23.8 Å². The SMILES string of the molecule is Cc1ccc(NC(=O)/C(C#N)=C\c2cccnc2)cc1. The second kappa shape index (κ2) is 6.30. The number of carbonyl (C=O) groups excluding carboxylic acids is 1. The molecule has 1 N–H and O–H groups in total. The Balaban J connectivity index is 2.16. The fraction of sp³-hybridized carbons (Fsp3) is 0.0625. The maximum absolute atomic E-state index is 12.0. The van der Waals surface area contributed by atoms with Crippen molar-refractivity contribution in [2.45, 2.75) is 6.92 Å². The summed E-state index contributed by atoms with van der Waals surface area (Å²) in [6, 6.07) is 12.8. The van der Waals surface area contributed by atoms with Crippen molar-refractivity contribution in [3.63, 3.8) is 0 Å². The monoisotopic (exact) mass is 263 g/mol. The number of rotatable bonds is 3. The van der Waals surface area contributed by atoms with E-state index in [1.54, 1.807) is 36.7 Å². The first kappa shape index (κ1) is 13.5. The van der Waals surface area contributed by atoms with Gasteiger partial charge in [-0.15, -0.1) is 0 Å². The number of pyridine rings is 1. The zero-order chi connectivity index (χ0) is 14.4. The van der Waals surface area contributed by atoms with E-state index in [0.717, 1.165) is 5.56 Å². The van der Waals surface area contributed by atoms with Crippen LogP contribution in [-0.4, -0.2) is 10.9 Å². The van der Waals surface area contributed by atoms with Gasteiger partial charge in [0.25, 0.3) is 5.91 Å². The molecule has 4 heteroatoms. The first-order chi connectivity index (χ1) is 9.69. The molecular weight excluding hydrogens is 250 g/mol. The van der Waals surface area contributed by atoms with E-state index in [9.17, 15) is 4.79 Å². The summed E-state index contributed by atoms with van der Waals surface area (Å²) in [5.41, 5.74) is 2.52. The Morgan fingerprint density at radius 1 is 1.30 bits per heavy atom.